The van der Waals surface area contributed by atoms with Crippen LogP contribution >= 0.6 is 12.4 Å². The molecule has 1 aliphatic heterocycles. The quantitative estimate of drug-likeness (QED) is 0.838. The summed E-state index contributed by atoms with van der Waals surface area (Å²) in [4.78, 5) is 0.0627. The summed E-state index contributed by atoms with van der Waals surface area (Å²) in [6.07, 6.45) is 2.08. The van der Waals surface area contributed by atoms with Crippen LogP contribution in [-0.4, -0.2) is 35.2 Å². The van der Waals surface area contributed by atoms with Gasteiger partial charge in [-0.25, -0.2) is 13.1 Å². The Balaban J connectivity index is 0.00000242. The summed E-state index contributed by atoms with van der Waals surface area (Å²) in [5, 5.41) is 12.1. The first kappa shape index (κ1) is 18.7. The molecule has 22 heavy (non-hydrogen) atoms. The Morgan fingerprint density at radius 3 is 2.86 bits per heavy atom. The lowest BCUT2D eigenvalue weighted by Crippen LogP contribution is -2.38. The highest BCUT2D eigenvalue weighted by atomic mass is 35.5. The van der Waals surface area contributed by atoms with Crippen LogP contribution in [-0.2, 0) is 10.0 Å². The zero-order valence-corrected chi connectivity index (χ0v) is 14.0. The van der Waals surface area contributed by atoms with E-state index in [1.54, 1.807) is 0 Å². The van der Waals surface area contributed by atoms with E-state index >= 15 is 0 Å². The van der Waals surface area contributed by atoms with E-state index in [1.165, 1.54) is 25.3 Å². The number of hydrogen-bond acceptors (Lipinski definition) is 5. The van der Waals surface area contributed by atoms with Crippen LogP contribution in [0.2, 0.25) is 0 Å². The standard InChI is InChI=1S/C14H19N3O3S.ClH/c1-20-13-7-11(8-15)4-5-14(13)21(18,19)17-10-12-3-2-6-16-9-12;/h4-5,7,12,16-17H,2-3,6,9-10H2,1H3;1H. The second-order valence-electron chi connectivity index (χ2n) is 5.04. The summed E-state index contributed by atoms with van der Waals surface area (Å²) in [6, 6.07) is 6.26. The molecule has 0 aromatic heterocycles. The monoisotopic (exact) mass is 345 g/mol. The van der Waals surface area contributed by atoms with Gasteiger partial charge in [-0.15, -0.1) is 12.4 Å². The summed E-state index contributed by atoms with van der Waals surface area (Å²) in [5.41, 5.74) is 0.363. The number of hydrogen-bond donors (Lipinski definition) is 2. The first-order valence-electron chi connectivity index (χ1n) is 6.85. The minimum Gasteiger partial charge on any atom is -0.495 e. The van der Waals surface area contributed by atoms with Crippen LogP contribution in [0.25, 0.3) is 0 Å². The Hall–Kier alpha value is -1.33. The smallest absolute Gasteiger partial charge is 0.244 e. The summed E-state index contributed by atoms with van der Waals surface area (Å²) in [7, 11) is -2.25. The molecule has 1 fully saturated rings. The third-order valence-corrected chi connectivity index (χ3v) is 5.01. The summed E-state index contributed by atoms with van der Waals surface area (Å²) in [6.45, 7) is 2.22. The van der Waals surface area contributed by atoms with E-state index in [9.17, 15) is 8.42 Å². The lowest BCUT2D eigenvalue weighted by molar-refractivity contribution is 0.374. The van der Waals surface area contributed by atoms with Gasteiger partial charge in [-0.2, -0.15) is 5.26 Å². The molecule has 1 unspecified atom stereocenters. The van der Waals surface area contributed by atoms with Crippen molar-refractivity contribution >= 4 is 22.4 Å². The first-order valence-corrected chi connectivity index (χ1v) is 8.33. The Bertz CT molecular complexity index is 637. The molecule has 1 saturated heterocycles. The van der Waals surface area contributed by atoms with E-state index in [0.29, 0.717) is 18.0 Å². The number of piperidine rings is 1. The molecule has 122 valence electrons. The molecule has 2 rings (SSSR count). The van der Waals surface area contributed by atoms with Crippen molar-refractivity contribution in [2.45, 2.75) is 17.7 Å². The number of nitriles is 1. The SMILES string of the molecule is COc1cc(C#N)ccc1S(=O)(=O)NCC1CCCNC1.Cl. The van der Waals surface area contributed by atoms with Crippen molar-refractivity contribution in [3.05, 3.63) is 23.8 Å². The average Bonchev–Trinajstić information content (AvgIpc) is 2.53. The lowest BCUT2D eigenvalue weighted by atomic mass is 10.0. The van der Waals surface area contributed by atoms with Crippen LogP contribution in [0.5, 0.6) is 5.75 Å². The molecule has 0 radical (unpaired) electrons. The summed E-state index contributed by atoms with van der Waals surface area (Å²) < 4.78 is 32.4. The summed E-state index contributed by atoms with van der Waals surface area (Å²) >= 11 is 0. The fourth-order valence-electron chi connectivity index (χ4n) is 2.36. The highest BCUT2D eigenvalue weighted by Gasteiger charge is 2.22. The zero-order chi connectivity index (χ0) is 15.3. The number of benzene rings is 1. The topological polar surface area (TPSA) is 91.2 Å². The highest BCUT2D eigenvalue weighted by molar-refractivity contribution is 7.89. The normalized spacial score (nSPS) is 18.1. The molecule has 1 aromatic rings. The molecule has 0 aliphatic carbocycles. The van der Waals surface area contributed by atoms with E-state index in [4.69, 9.17) is 10.00 Å². The molecule has 0 amide bonds. The third-order valence-electron chi connectivity index (χ3n) is 3.54. The Morgan fingerprint density at radius 2 is 2.27 bits per heavy atom. The van der Waals surface area contributed by atoms with Gasteiger partial charge in [0.2, 0.25) is 10.0 Å². The Morgan fingerprint density at radius 1 is 1.50 bits per heavy atom. The maximum Gasteiger partial charge on any atom is 0.244 e. The number of ether oxygens (including phenoxy) is 1. The third kappa shape index (κ3) is 4.58. The first-order chi connectivity index (χ1) is 10.1. The van der Waals surface area contributed by atoms with Crippen molar-refractivity contribution in [1.82, 2.24) is 10.0 Å². The molecule has 8 heteroatoms. The van der Waals surface area contributed by atoms with Crippen LogP contribution in [0.3, 0.4) is 0 Å². The maximum atomic E-state index is 12.4. The number of halogens is 1. The van der Waals surface area contributed by atoms with Gasteiger partial charge in [0.05, 0.1) is 18.7 Å². The van der Waals surface area contributed by atoms with E-state index in [1.807, 2.05) is 6.07 Å². The van der Waals surface area contributed by atoms with E-state index in [0.717, 1.165) is 25.9 Å². The number of rotatable bonds is 5. The fraction of sp³-hybridized carbons (Fsp3) is 0.500. The molecule has 0 bridgehead atoms. The molecule has 1 heterocycles. The molecular weight excluding hydrogens is 326 g/mol. The van der Waals surface area contributed by atoms with Crippen molar-refractivity contribution in [2.24, 2.45) is 5.92 Å². The van der Waals surface area contributed by atoms with Crippen LogP contribution < -0.4 is 14.8 Å². The molecule has 1 atom stereocenters. The largest absolute Gasteiger partial charge is 0.495 e. The number of methoxy groups -OCH3 is 1. The Kier molecular flexibility index (Phi) is 7.10. The van der Waals surface area contributed by atoms with Crippen molar-refractivity contribution in [3.63, 3.8) is 0 Å². The van der Waals surface area contributed by atoms with Gasteiger partial charge in [-0.1, -0.05) is 0 Å². The predicted molar refractivity (Wildman–Crippen MR) is 85.7 cm³/mol. The van der Waals surface area contributed by atoms with Crippen molar-refractivity contribution < 1.29 is 13.2 Å². The van der Waals surface area contributed by atoms with Gasteiger partial charge < -0.3 is 10.1 Å². The van der Waals surface area contributed by atoms with Gasteiger partial charge in [0.25, 0.3) is 0 Å². The number of nitrogens with one attached hydrogen (secondary N) is 2. The Labute approximate surface area is 137 Å². The predicted octanol–water partition coefficient (Wildman–Crippen LogP) is 1.27. The van der Waals surface area contributed by atoms with Crippen LogP contribution in [0.1, 0.15) is 18.4 Å². The van der Waals surface area contributed by atoms with Gasteiger partial charge in [0.1, 0.15) is 10.6 Å². The number of nitrogens with zero attached hydrogens (tertiary/aromatic N) is 1. The van der Waals surface area contributed by atoms with Gasteiger partial charge >= 0.3 is 0 Å². The van der Waals surface area contributed by atoms with Gasteiger partial charge in [0, 0.05) is 6.54 Å². The van der Waals surface area contributed by atoms with Crippen LogP contribution in [0.4, 0.5) is 0 Å². The maximum absolute atomic E-state index is 12.4. The van der Waals surface area contributed by atoms with Crippen molar-refractivity contribution in [3.8, 4) is 11.8 Å². The summed E-state index contributed by atoms with van der Waals surface area (Å²) in [5.74, 6) is 0.487. The van der Waals surface area contributed by atoms with E-state index in [2.05, 4.69) is 10.0 Å². The minimum absolute atomic E-state index is 0. The van der Waals surface area contributed by atoms with Crippen molar-refractivity contribution in [2.75, 3.05) is 26.7 Å². The second kappa shape index (κ2) is 8.34. The molecule has 0 spiro atoms. The molecule has 0 saturated carbocycles. The van der Waals surface area contributed by atoms with Crippen LogP contribution in [0, 0.1) is 17.2 Å². The fourth-order valence-corrected chi connectivity index (χ4v) is 3.63. The molecule has 1 aromatic carbocycles. The highest BCUT2D eigenvalue weighted by Crippen LogP contribution is 2.24. The van der Waals surface area contributed by atoms with E-state index in [-0.39, 0.29) is 23.1 Å². The number of sulfonamides is 1. The second-order valence-corrected chi connectivity index (χ2v) is 6.78. The van der Waals surface area contributed by atoms with Crippen LogP contribution in [0.15, 0.2) is 23.1 Å². The van der Waals surface area contributed by atoms with Gasteiger partial charge in [-0.3, -0.25) is 0 Å². The zero-order valence-electron chi connectivity index (χ0n) is 12.3. The molecule has 2 N–H and O–H groups in total. The van der Waals surface area contributed by atoms with Gasteiger partial charge in [0.15, 0.2) is 0 Å². The van der Waals surface area contributed by atoms with Gasteiger partial charge in [-0.05, 0) is 50.0 Å². The molecule has 6 nitrogen and oxygen atoms in total. The molecular formula is C14H20ClN3O3S. The van der Waals surface area contributed by atoms with Crippen molar-refractivity contribution in [1.29, 1.82) is 5.26 Å². The lowest BCUT2D eigenvalue weighted by Gasteiger charge is -2.23. The average molecular weight is 346 g/mol. The van der Waals surface area contributed by atoms with E-state index < -0.39 is 10.0 Å². The minimum atomic E-state index is -3.64. The molecule has 1 aliphatic rings.